The minimum atomic E-state index is -3.55. The van der Waals surface area contributed by atoms with Gasteiger partial charge in [0.2, 0.25) is 15.9 Å². The molecule has 0 rings (SSSR count). The van der Waals surface area contributed by atoms with Gasteiger partial charge in [0.15, 0.2) is 0 Å². The molecule has 0 aromatic heterocycles. The SMILES string of the molecule is CC(C)CC(NC(=O)C(CC(C)C)NS(C)(=O)=O)C(=O)O. The molecule has 7 nitrogen and oxygen atoms in total. The molecule has 1 amide bonds. The highest BCUT2D eigenvalue weighted by molar-refractivity contribution is 7.88. The van der Waals surface area contributed by atoms with Gasteiger partial charge in [-0.1, -0.05) is 27.7 Å². The topological polar surface area (TPSA) is 113 Å². The molecule has 21 heavy (non-hydrogen) atoms. The first-order chi connectivity index (χ1) is 9.42. The third-order valence-corrected chi connectivity index (χ3v) is 3.41. The van der Waals surface area contributed by atoms with Crippen molar-refractivity contribution in [3.05, 3.63) is 0 Å². The summed E-state index contributed by atoms with van der Waals surface area (Å²) < 4.78 is 24.9. The zero-order valence-electron chi connectivity index (χ0n) is 13.2. The van der Waals surface area contributed by atoms with Crippen LogP contribution < -0.4 is 10.0 Å². The van der Waals surface area contributed by atoms with Crippen molar-refractivity contribution in [3.63, 3.8) is 0 Å². The highest BCUT2D eigenvalue weighted by atomic mass is 32.2. The Morgan fingerprint density at radius 1 is 1.00 bits per heavy atom. The van der Waals surface area contributed by atoms with Crippen LogP contribution in [0.5, 0.6) is 0 Å². The predicted molar refractivity (Wildman–Crippen MR) is 80.2 cm³/mol. The molecule has 0 aliphatic carbocycles. The van der Waals surface area contributed by atoms with Crippen LogP contribution in [-0.4, -0.2) is 43.7 Å². The van der Waals surface area contributed by atoms with Crippen LogP contribution in [-0.2, 0) is 19.6 Å². The summed E-state index contributed by atoms with van der Waals surface area (Å²) in [6.07, 6.45) is 1.55. The van der Waals surface area contributed by atoms with E-state index in [1.54, 1.807) is 0 Å². The average Bonchev–Trinajstić information content (AvgIpc) is 2.23. The third kappa shape index (κ3) is 9.41. The van der Waals surface area contributed by atoms with E-state index >= 15 is 0 Å². The second-order valence-corrected chi connectivity index (χ2v) is 7.88. The molecule has 124 valence electrons. The lowest BCUT2D eigenvalue weighted by atomic mass is 10.0. The van der Waals surface area contributed by atoms with Gasteiger partial charge in [-0.2, -0.15) is 0 Å². The van der Waals surface area contributed by atoms with Crippen LogP contribution >= 0.6 is 0 Å². The Bertz CT molecular complexity index is 459. The molecule has 0 heterocycles. The second-order valence-electron chi connectivity index (χ2n) is 6.10. The van der Waals surface area contributed by atoms with Gasteiger partial charge in [-0.3, -0.25) is 4.79 Å². The van der Waals surface area contributed by atoms with Crippen molar-refractivity contribution >= 4 is 21.9 Å². The van der Waals surface area contributed by atoms with E-state index in [0.717, 1.165) is 6.26 Å². The first-order valence-electron chi connectivity index (χ1n) is 6.92. The van der Waals surface area contributed by atoms with Gasteiger partial charge < -0.3 is 10.4 Å². The van der Waals surface area contributed by atoms with Crippen LogP contribution in [0.3, 0.4) is 0 Å². The zero-order chi connectivity index (χ0) is 16.8. The number of aliphatic carboxylic acids is 1. The van der Waals surface area contributed by atoms with E-state index in [-0.39, 0.29) is 18.3 Å². The molecule has 0 aromatic carbocycles. The number of hydrogen-bond donors (Lipinski definition) is 3. The van der Waals surface area contributed by atoms with Gasteiger partial charge in [0.1, 0.15) is 12.1 Å². The first-order valence-corrected chi connectivity index (χ1v) is 8.82. The van der Waals surface area contributed by atoms with Gasteiger partial charge >= 0.3 is 5.97 Å². The van der Waals surface area contributed by atoms with Gasteiger partial charge in [-0.25, -0.2) is 17.9 Å². The first kappa shape index (κ1) is 19.9. The van der Waals surface area contributed by atoms with E-state index < -0.39 is 34.0 Å². The maximum Gasteiger partial charge on any atom is 0.326 e. The quantitative estimate of drug-likeness (QED) is 0.574. The van der Waals surface area contributed by atoms with Crippen molar-refractivity contribution in [1.82, 2.24) is 10.0 Å². The molecule has 0 fully saturated rings. The predicted octanol–water partition coefficient (Wildman–Crippen LogP) is 0.566. The van der Waals surface area contributed by atoms with Crippen molar-refractivity contribution in [3.8, 4) is 0 Å². The lowest BCUT2D eigenvalue weighted by Crippen LogP contribution is -2.52. The molecule has 0 aliphatic heterocycles. The molecule has 2 atom stereocenters. The fourth-order valence-corrected chi connectivity index (χ4v) is 2.62. The number of carbonyl (C=O) groups is 2. The smallest absolute Gasteiger partial charge is 0.326 e. The van der Waals surface area contributed by atoms with Gasteiger partial charge in [-0.05, 0) is 24.7 Å². The molecule has 8 heteroatoms. The van der Waals surface area contributed by atoms with E-state index in [2.05, 4.69) is 10.0 Å². The number of nitrogens with one attached hydrogen (secondary N) is 2. The van der Waals surface area contributed by atoms with Crippen molar-refractivity contribution in [2.24, 2.45) is 11.8 Å². The summed E-state index contributed by atoms with van der Waals surface area (Å²) in [5.41, 5.74) is 0. The van der Waals surface area contributed by atoms with Crippen molar-refractivity contribution in [2.75, 3.05) is 6.26 Å². The number of rotatable bonds is 9. The number of carboxylic acid groups (broad SMARTS) is 1. The van der Waals surface area contributed by atoms with Gasteiger partial charge in [-0.15, -0.1) is 0 Å². The largest absolute Gasteiger partial charge is 0.480 e. The van der Waals surface area contributed by atoms with Crippen LogP contribution in [0.1, 0.15) is 40.5 Å². The van der Waals surface area contributed by atoms with Gasteiger partial charge in [0, 0.05) is 0 Å². The minimum absolute atomic E-state index is 0.0865. The Morgan fingerprint density at radius 2 is 1.43 bits per heavy atom. The van der Waals surface area contributed by atoms with E-state index in [1.807, 2.05) is 27.7 Å². The average molecular weight is 322 g/mol. The number of hydrogen-bond acceptors (Lipinski definition) is 4. The fraction of sp³-hybridized carbons (Fsp3) is 0.846. The number of carboxylic acids is 1. The summed E-state index contributed by atoms with van der Waals surface area (Å²) in [7, 11) is -3.55. The molecule has 0 bridgehead atoms. The summed E-state index contributed by atoms with van der Waals surface area (Å²) >= 11 is 0. The summed E-state index contributed by atoms with van der Waals surface area (Å²) in [6.45, 7) is 7.41. The minimum Gasteiger partial charge on any atom is -0.480 e. The number of carbonyl (C=O) groups excluding carboxylic acids is 1. The normalized spacial score (nSPS) is 15.0. The lowest BCUT2D eigenvalue weighted by molar-refractivity contribution is -0.142. The Morgan fingerprint density at radius 3 is 1.76 bits per heavy atom. The van der Waals surface area contributed by atoms with Crippen LogP contribution in [0.2, 0.25) is 0 Å². The fourth-order valence-electron chi connectivity index (χ4n) is 1.90. The van der Waals surface area contributed by atoms with Crippen molar-refractivity contribution < 1.29 is 23.1 Å². The van der Waals surface area contributed by atoms with Crippen LogP contribution in [0.15, 0.2) is 0 Å². The summed E-state index contributed by atoms with van der Waals surface area (Å²) in [4.78, 5) is 23.3. The van der Waals surface area contributed by atoms with E-state index in [9.17, 15) is 18.0 Å². The maximum absolute atomic E-state index is 12.2. The third-order valence-electron chi connectivity index (χ3n) is 2.70. The number of sulfonamides is 1. The molecular formula is C13H26N2O5S. The molecule has 0 aliphatic rings. The summed E-state index contributed by atoms with van der Waals surface area (Å²) in [5, 5.41) is 11.5. The molecule has 0 saturated heterocycles. The standard InChI is InChI=1S/C13H26N2O5S/c1-8(2)6-10(15-21(5,19)20)12(16)14-11(13(17)18)7-9(3)4/h8-11,15H,6-7H2,1-5H3,(H,14,16)(H,17,18). The molecule has 2 unspecified atom stereocenters. The Labute approximate surface area is 126 Å². The Hall–Kier alpha value is -1.15. The van der Waals surface area contributed by atoms with E-state index in [1.165, 1.54) is 0 Å². The van der Waals surface area contributed by atoms with Gasteiger partial charge in [0.05, 0.1) is 6.26 Å². The highest BCUT2D eigenvalue weighted by Gasteiger charge is 2.28. The zero-order valence-corrected chi connectivity index (χ0v) is 14.0. The molecule has 0 radical (unpaired) electrons. The van der Waals surface area contributed by atoms with Crippen molar-refractivity contribution in [2.45, 2.75) is 52.6 Å². The monoisotopic (exact) mass is 322 g/mol. The lowest BCUT2D eigenvalue weighted by Gasteiger charge is -2.22. The summed E-state index contributed by atoms with van der Waals surface area (Å²) in [5.74, 6) is -1.55. The molecule has 0 spiro atoms. The molecular weight excluding hydrogens is 296 g/mol. The maximum atomic E-state index is 12.2. The van der Waals surface area contributed by atoms with Crippen molar-refractivity contribution in [1.29, 1.82) is 0 Å². The van der Waals surface area contributed by atoms with E-state index in [4.69, 9.17) is 5.11 Å². The van der Waals surface area contributed by atoms with E-state index in [0.29, 0.717) is 6.42 Å². The molecule has 0 saturated carbocycles. The summed E-state index contributed by atoms with van der Waals surface area (Å²) in [6, 6.07) is -1.98. The van der Waals surface area contributed by atoms with Gasteiger partial charge in [0.25, 0.3) is 0 Å². The highest BCUT2D eigenvalue weighted by Crippen LogP contribution is 2.09. The van der Waals surface area contributed by atoms with Crippen LogP contribution in [0, 0.1) is 11.8 Å². The second kappa shape index (κ2) is 8.33. The Balaban J connectivity index is 4.96. The molecule has 3 N–H and O–H groups in total. The van der Waals surface area contributed by atoms with Crippen LogP contribution in [0.25, 0.3) is 0 Å². The Kier molecular flexibility index (Phi) is 7.87. The van der Waals surface area contributed by atoms with Crippen LogP contribution in [0.4, 0.5) is 0 Å². The number of amides is 1. The molecule has 0 aromatic rings.